The SMILES string of the molecule is Cc1nsc(C)c1-c1c(-c2ccc(O)cc2)nn(C)c1C=O. The van der Waals surface area contributed by atoms with Gasteiger partial charge in [-0.3, -0.25) is 9.48 Å². The number of benzene rings is 1. The minimum absolute atomic E-state index is 0.196. The molecule has 2 heterocycles. The lowest BCUT2D eigenvalue weighted by molar-refractivity contribution is 0.111. The highest BCUT2D eigenvalue weighted by Gasteiger charge is 2.23. The van der Waals surface area contributed by atoms with Crippen molar-refractivity contribution in [2.75, 3.05) is 0 Å². The summed E-state index contributed by atoms with van der Waals surface area (Å²) >= 11 is 1.42. The number of carbonyl (C=O) groups is 1. The highest BCUT2D eigenvalue weighted by Crippen LogP contribution is 2.38. The number of aldehydes is 1. The Labute approximate surface area is 132 Å². The number of carbonyl (C=O) groups excluding carboxylic acids is 1. The van der Waals surface area contributed by atoms with Gasteiger partial charge in [-0.2, -0.15) is 9.47 Å². The van der Waals surface area contributed by atoms with Gasteiger partial charge in [-0.1, -0.05) is 0 Å². The van der Waals surface area contributed by atoms with Crippen LogP contribution in [0.5, 0.6) is 5.75 Å². The monoisotopic (exact) mass is 313 g/mol. The summed E-state index contributed by atoms with van der Waals surface area (Å²) < 4.78 is 5.96. The first-order valence-electron chi connectivity index (χ1n) is 6.77. The molecule has 5 nitrogen and oxygen atoms in total. The summed E-state index contributed by atoms with van der Waals surface area (Å²) in [5, 5.41) is 14.0. The highest BCUT2D eigenvalue weighted by molar-refractivity contribution is 7.06. The van der Waals surface area contributed by atoms with Gasteiger partial charge in [0.15, 0.2) is 6.29 Å². The molecule has 0 atom stereocenters. The molecule has 0 unspecified atom stereocenters. The first-order valence-corrected chi connectivity index (χ1v) is 7.55. The number of phenolic OH excluding ortho intramolecular Hbond substituents is 1. The number of aryl methyl sites for hydroxylation is 3. The summed E-state index contributed by atoms with van der Waals surface area (Å²) in [4.78, 5) is 12.6. The molecule has 3 rings (SSSR count). The number of aromatic hydroxyl groups is 1. The molecule has 1 N–H and O–H groups in total. The molecule has 0 fully saturated rings. The maximum atomic E-state index is 11.5. The Hall–Kier alpha value is -2.47. The number of hydrogen-bond acceptors (Lipinski definition) is 5. The first kappa shape index (κ1) is 14.5. The molecule has 3 aromatic rings. The van der Waals surface area contributed by atoms with Gasteiger partial charge in [-0.05, 0) is 49.6 Å². The predicted molar refractivity (Wildman–Crippen MR) is 86.3 cm³/mol. The zero-order valence-electron chi connectivity index (χ0n) is 12.5. The molecule has 0 saturated heterocycles. The molecule has 0 spiro atoms. The van der Waals surface area contributed by atoms with Crippen LogP contribution in [0.15, 0.2) is 24.3 Å². The zero-order valence-corrected chi connectivity index (χ0v) is 13.3. The molecule has 6 heteroatoms. The van der Waals surface area contributed by atoms with E-state index in [4.69, 9.17) is 0 Å². The van der Waals surface area contributed by atoms with E-state index in [-0.39, 0.29) is 5.75 Å². The zero-order chi connectivity index (χ0) is 15.9. The Kier molecular flexibility index (Phi) is 3.54. The van der Waals surface area contributed by atoms with E-state index in [0.29, 0.717) is 5.69 Å². The van der Waals surface area contributed by atoms with Gasteiger partial charge in [0, 0.05) is 28.6 Å². The van der Waals surface area contributed by atoms with Crippen LogP contribution in [0.1, 0.15) is 21.1 Å². The molecule has 0 saturated carbocycles. The number of rotatable bonds is 3. The highest BCUT2D eigenvalue weighted by atomic mass is 32.1. The molecule has 0 amide bonds. The van der Waals surface area contributed by atoms with Crippen molar-refractivity contribution in [3.05, 3.63) is 40.5 Å². The van der Waals surface area contributed by atoms with Crippen LogP contribution in [0.4, 0.5) is 0 Å². The summed E-state index contributed by atoms with van der Waals surface area (Å²) in [6, 6.07) is 6.81. The Bertz CT molecular complexity index is 828. The van der Waals surface area contributed by atoms with Gasteiger partial charge < -0.3 is 5.11 Å². The average Bonchev–Trinajstić information content (AvgIpc) is 2.99. The van der Waals surface area contributed by atoms with Crippen molar-refractivity contribution < 1.29 is 9.90 Å². The quantitative estimate of drug-likeness (QED) is 0.753. The maximum Gasteiger partial charge on any atom is 0.168 e. The standard InChI is InChI=1S/C16H15N3O2S/c1-9-14(10(2)22-18-9)15-13(8-20)19(3)17-16(15)11-4-6-12(21)7-5-11/h4-8,21H,1-3H3. The summed E-state index contributed by atoms with van der Waals surface area (Å²) in [5.74, 6) is 0.196. The van der Waals surface area contributed by atoms with Crippen LogP contribution in [-0.2, 0) is 7.05 Å². The lowest BCUT2D eigenvalue weighted by atomic mass is 9.98. The molecular formula is C16H15N3O2S. The molecule has 1 aromatic carbocycles. The van der Waals surface area contributed by atoms with Crippen LogP contribution in [0.25, 0.3) is 22.4 Å². The summed E-state index contributed by atoms with van der Waals surface area (Å²) in [5.41, 5.74) is 4.74. The van der Waals surface area contributed by atoms with E-state index in [0.717, 1.165) is 39.2 Å². The smallest absolute Gasteiger partial charge is 0.168 e. The second-order valence-electron chi connectivity index (χ2n) is 5.10. The number of phenols is 1. The minimum Gasteiger partial charge on any atom is -0.508 e. The van der Waals surface area contributed by atoms with Crippen molar-refractivity contribution in [1.29, 1.82) is 0 Å². The van der Waals surface area contributed by atoms with Crippen LogP contribution in [0.3, 0.4) is 0 Å². The third-order valence-electron chi connectivity index (χ3n) is 3.63. The lowest BCUT2D eigenvalue weighted by Crippen LogP contribution is -1.97. The second kappa shape index (κ2) is 5.38. The van der Waals surface area contributed by atoms with Crippen molar-refractivity contribution in [3.63, 3.8) is 0 Å². The Balaban J connectivity index is 2.33. The molecule has 0 aliphatic rings. The number of hydrogen-bond donors (Lipinski definition) is 1. The van der Waals surface area contributed by atoms with E-state index in [1.807, 2.05) is 13.8 Å². The number of aromatic nitrogens is 3. The Morgan fingerprint density at radius 3 is 2.41 bits per heavy atom. The third kappa shape index (κ3) is 2.21. The summed E-state index contributed by atoms with van der Waals surface area (Å²) in [7, 11) is 1.75. The van der Waals surface area contributed by atoms with E-state index in [1.54, 1.807) is 36.0 Å². The summed E-state index contributed by atoms with van der Waals surface area (Å²) in [6.45, 7) is 3.92. The molecule has 22 heavy (non-hydrogen) atoms. The van der Waals surface area contributed by atoms with Gasteiger partial charge in [0.2, 0.25) is 0 Å². The molecule has 0 radical (unpaired) electrons. The van der Waals surface area contributed by atoms with Gasteiger partial charge >= 0.3 is 0 Å². The fourth-order valence-corrected chi connectivity index (χ4v) is 3.29. The van der Waals surface area contributed by atoms with Gasteiger partial charge in [0.05, 0.1) is 5.69 Å². The molecule has 112 valence electrons. The molecule has 0 aliphatic heterocycles. The van der Waals surface area contributed by atoms with Crippen LogP contribution >= 0.6 is 11.5 Å². The lowest BCUT2D eigenvalue weighted by Gasteiger charge is -2.05. The van der Waals surface area contributed by atoms with Crippen molar-refractivity contribution in [2.45, 2.75) is 13.8 Å². The Morgan fingerprint density at radius 1 is 1.18 bits per heavy atom. The van der Waals surface area contributed by atoms with Gasteiger partial charge in [0.25, 0.3) is 0 Å². The summed E-state index contributed by atoms with van der Waals surface area (Å²) in [6.07, 6.45) is 0.822. The van der Waals surface area contributed by atoms with Crippen LogP contribution in [0.2, 0.25) is 0 Å². The van der Waals surface area contributed by atoms with E-state index in [2.05, 4.69) is 9.47 Å². The van der Waals surface area contributed by atoms with E-state index in [1.165, 1.54) is 11.5 Å². The predicted octanol–water partition coefficient (Wildman–Crippen LogP) is 3.35. The fourth-order valence-electron chi connectivity index (χ4n) is 2.58. The largest absolute Gasteiger partial charge is 0.508 e. The fraction of sp³-hybridized carbons (Fsp3) is 0.188. The molecule has 0 aliphatic carbocycles. The van der Waals surface area contributed by atoms with E-state index < -0.39 is 0 Å². The van der Waals surface area contributed by atoms with Crippen molar-refractivity contribution in [2.24, 2.45) is 7.05 Å². The number of nitrogens with zero attached hydrogens (tertiary/aromatic N) is 3. The van der Waals surface area contributed by atoms with Crippen molar-refractivity contribution in [3.8, 4) is 28.1 Å². The van der Waals surface area contributed by atoms with Crippen LogP contribution in [0, 0.1) is 13.8 Å². The van der Waals surface area contributed by atoms with E-state index >= 15 is 0 Å². The van der Waals surface area contributed by atoms with Gasteiger partial charge in [-0.25, -0.2) is 0 Å². The van der Waals surface area contributed by atoms with Crippen molar-refractivity contribution >= 4 is 17.8 Å². The normalized spacial score (nSPS) is 10.9. The van der Waals surface area contributed by atoms with Gasteiger partial charge in [-0.15, -0.1) is 0 Å². The Morgan fingerprint density at radius 2 is 1.86 bits per heavy atom. The van der Waals surface area contributed by atoms with Crippen LogP contribution < -0.4 is 0 Å². The topological polar surface area (TPSA) is 68.0 Å². The maximum absolute atomic E-state index is 11.5. The molecular weight excluding hydrogens is 298 g/mol. The minimum atomic E-state index is 0.196. The van der Waals surface area contributed by atoms with Gasteiger partial charge in [0.1, 0.15) is 17.1 Å². The van der Waals surface area contributed by atoms with Crippen molar-refractivity contribution in [1.82, 2.24) is 14.2 Å². The molecule has 2 aromatic heterocycles. The van der Waals surface area contributed by atoms with E-state index in [9.17, 15) is 9.90 Å². The third-order valence-corrected chi connectivity index (χ3v) is 4.47. The molecule has 0 bridgehead atoms. The van der Waals surface area contributed by atoms with Crippen LogP contribution in [-0.4, -0.2) is 25.5 Å². The second-order valence-corrected chi connectivity index (χ2v) is 6.07. The average molecular weight is 313 g/mol. The first-order chi connectivity index (χ1) is 10.5.